The summed E-state index contributed by atoms with van der Waals surface area (Å²) in [5, 5.41) is 74.9. The Morgan fingerprint density at radius 1 is 0.222 bits per heavy atom. The van der Waals surface area contributed by atoms with E-state index < -0.39 is 88.1 Å². The molecule has 0 spiro atoms. The summed E-state index contributed by atoms with van der Waals surface area (Å²) in [5.74, 6) is -7.19. The summed E-state index contributed by atoms with van der Waals surface area (Å²) in [4.78, 5) is 99.2. The van der Waals surface area contributed by atoms with Gasteiger partial charge in [-0.3, -0.25) is 38.4 Å². The van der Waals surface area contributed by atoms with Gasteiger partial charge in [-0.05, 0) is 51.9 Å². The molecule has 0 saturated carbocycles. The second-order valence-electron chi connectivity index (χ2n) is 26.5. The lowest BCUT2D eigenvalue weighted by Crippen LogP contribution is -2.38. The van der Waals surface area contributed by atoms with E-state index >= 15 is 0 Å². The van der Waals surface area contributed by atoms with Gasteiger partial charge in [-0.15, -0.1) is 0 Å². The highest BCUT2D eigenvalue weighted by atomic mass is 28.3. The second-order valence-corrected chi connectivity index (χ2v) is 52.8. The number of rotatable bonds is 56. The van der Waals surface area contributed by atoms with E-state index in [1.807, 2.05) is 19.6 Å². The van der Waals surface area contributed by atoms with Gasteiger partial charge in [0.15, 0.2) is 0 Å². The quantitative estimate of drug-likeness (QED) is 0.0262. The lowest BCUT2D eigenvalue weighted by Gasteiger charge is -2.37. The van der Waals surface area contributed by atoms with Crippen molar-refractivity contribution in [3.05, 3.63) is 0 Å². The van der Waals surface area contributed by atoms with E-state index in [0.29, 0.717) is 78.5 Å². The minimum Gasteiger partial charge on any atom is -0.481 e. The molecule has 0 rings (SSSR count). The highest BCUT2D eigenvalue weighted by Gasteiger charge is 2.36. The Labute approximate surface area is 490 Å². The number of nitrogens with zero attached hydrogens (tertiary/aromatic N) is 4. The van der Waals surface area contributed by atoms with Crippen molar-refractivity contribution < 1.29 is 79.2 Å². The maximum Gasteiger partial charge on any atom is 0.304 e. The maximum absolute atomic E-state index is 11.4. The molecule has 25 heteroatoms. The number of hydrogen-bond acceptors (Lipinski definition) is 12. The summed E-state index contributed by atoms with van der Waals surface area (Å²) >= 11 is 0. The van der Waals surface area contributed by atoms with Gasteiger partial charge in [0.2, 0.25) is 0 Å². The van der Waals surface area contributed by atoms with Crippen LogP contribution in [0.25, 0.3) is 0 Å². The number of carboxylic acids is 8. The van der Waals surface area contributed by atoms with Crippen LogP contribution in [-0.4, -0.2) is 227 Å². The predicted molar refractivity (Wildman–Crippen MR) is 334 cm³/mol. The summed E-state index contributed by atoms with van der Waals surface area (Å²) in [6, 6.07) is 13.9. The SMILES string of the molecule is C[Si](C)(CCCN(CCC(=O)O)CCC(=O)O)CCC[Si](CCC[Si](C)(C)CCCN(CCC(=O)O)CCC(=O)O)(CCC[Si](C)(C)CCCN(CCC(=O)O)CCC(=O)O)CCC[Si](C)(C)CCCN(CCC(=O)O)CCC(=O)O. The van der Waals surface area contributed by atoms with Gasteiger partial charge in [-0.1, -0.05) is 151 Å². The van der Waals surface area contributed by atoms with Crippen molar-refractivity contribution in [3.63, 3.8) is 0 Å². The zero-order valence-electron chi connectivity index (χ0n) is 51.4. The second kappa shape index (κ2) is 41.7. The highest BCUT2D eigenvalue weighted by molar-refractivity contribution is 6.82. The molecule has 0 radical (unpaired) electrons. The van der Waals surface area contributed by atoms with E-state index in [0.717, 1.165) is 75.5 Å². The predicted octanol–water partition coefficient (Wildman–Crippen LogP) is 10.4. The van der Waals surface area contributed by atoms with Crippen LogP contribution in [0.2, 0.25) is 125 Å². The molecule has 0 aromatic heterocycles. The van der Waals surface area contributed by atoms with E-state index in [-0.39, 0.29) is 51.4 Å². The van der Waals surface area contributed by atoms with E-state index in [9.17, 15) is 79.2 Å². The summed E-state index contributed by atoms with van der Waals surface area (Å²) < 4.78 is 0. The van der Waals surface area contributed by atoms with Gasteiger partial charge >= 0.3 is 47.8 Å². The Kier molecular flexibility index (Phi) is 40.0. The van der Waals surface area contributed by atoms with Crippen LogP contribution in [0.1, 0.15) is 103 Å². The fourth-order valence-electron chi connectivity index (χ4n) is 11.5. The third-order valence-corrected chi connectivity index (χ3v) is 36.0. The van der Waals surface area contributed by atoms with Crippen LogP contribution in [0.5, 0.6) is 0 Å². The summed E-state index contributed by atoms with van der Waals surface area (Å²) in [5.41, 5.74) is 0. The number of hydrogen-bond donors (Lipinski definition) is 8. The molecule has 0 amide bonds. The zero-order chi connectivity index (χ0) is 61.7. The Morgan fingerprint density at radius 2 is 0.358 bits per heavy atom. The monoisotopic (exact) mass is 1240 g/mol. The Bertz CT molecular complexity index is 1550. The van der Waals surface area contributed by atoms with Crippen molar-refractivity contribution in [2.75, 3.05) is 78.5 Å². The zero-order valence-corrected chi connectivity index (χ0v) is 56.4. The molecule has 8 N–H and O–H groups in total. The van der Waals surface area contributed by atoms with Crippen LogP contribution < -0.4 is 0 Å². The number of carbonyl (C=O) groups is 8. The third kappa shape index (κ3) is 45.8. The molecule has 0 saturated heterocycles. The van der Waals surface area contributed by atoms with Crippen LogP contribution in [0.3, 0.4) is 0 Å². The van der Waals surface area contributed by atoms with Gasteiger partial charge in [0.1, 0.15) is 0 Å². The summed E-state index contributed by atoms with van der Waals surface area (Å²) in [7, 11) is -8.81. The molecule has 0 unspecified atom stereocenters. The first-order valence-electron chi connectivity index (χ1n) is 30.3. The Morgan fingerprint density at radius 3 is 0.494 bits per heavy atom. The van der Waals surface area contributed by atoms with Gasteiger partial charge in [0, 0.05) is 84.7 Å². The molecule has 0 aliphatic carbocycles. The van der Waals surface area contributed by atoms with Crippen molar-refractivity contribution in [1.29, 1.82) is 0 Å². The van der Waals surface area contributed by atoms with Crippen molar-refractivity contribution in [2.24, 2.45) is 0 Å². The lowest BCUT2D eigenvalue weighted by atomic mass is 10.3. The van der Waals surface area contributed by atoms with Gasteiger partial charge in [-0.25, -0.2) is 0 Å². The first-order chi connectivity index (χ1) is 37.6. The van der Waals surface area contributed by atoms with Crippen molar-refractivity contribution in [3.8, 4) is 0 Å². The van der Waals surface area contributed by atoms with E-state index in [2.05, 4.69) is 52.4 Å². The van der Waals surface area contributed by atoms with Gasteiger partial charge in [0.05, 0.1) is 59.4 Å². The van der Waals surface area contributed by atoms with Crippen molar-refractivity contribution in [2.45, 2.75) is 228 Å². The van der Waals surface area contributed by atoms with Crippen LogP contribution in [0.4, 0.5) is 0 Å². The third-order valence-electron chi connectivity index (χ3n) is 16.7. The molecule has 0 aromatic rings. The molecule has 81 heavy (non-hydrogen) atoms. The molecule has 20 nitrogen and oxygen atoms in total. The highest BCUT2D eigenvalue weighted by Crippen LogP contribution is 2.39. The van der Waals surface area contributed by atoms with Crippen molar-refractivity contribution in [1.82, 2.24) is 19.6 Å². The summed E-state index contributed by atoms with van der Waals surface area (Å²) in [6.45, 7) is 24.9. The number of aliphatic carboxylic acids is 8. The van der Waals surface area contributed by atoms with Crippen molar-refractivity contribution >= 4 is 88.1 Å². The summed E-state index contributed by atoms with van der Waals surface area (Å²) in [6.07, 6.45) is 7.96. The topological polar surface area (TPSA) is 311 Å². The molecule has 0 aromatic carbocycles. The smallest absolute Gasteiger partial charge is 0.304 e. The minimum atomic E-state index is -1.95. The molecule has 0 bridgehead atoms. The fraction of sp³-hybridized carbons (Fsp3) is 0.857. The van der Waals surface area contributed by atoms with Gasteiger partial charge in [-0.2, -0.15) is 0 Å². The molecule has 0 atom stereocenters. The standard InChI is InChI=1S/C56H112N4O16Si5/c1-77(2,37-9-25-57(29-17-49(61)62)30-18-50(63)64)41-13-45-81(46-14-42-78(3,4)38-10-26-58(31-19-51(65)66)32-20-52(67)68,47-15-43-79(5,6)39-11-27-59(33-21-53(69)70)34-22-54(71)72)48-16-44-80(7,8)40-12-28-60(35-23-55(73)74)36-24-56(75)76/h9-48H2,1-8H3,(H,61,62)(H,63,64)(H,65,66)(H,67,68)(H,69,70)(H,71,72)(H,73,74)(H,75,76). The van der Waals surface area contributed by atoms with Crippen LogP contribution in [0.15, 0.2) is 0 Å². The van der Waals surface area contributed by atoms with Crippen LogP contribution in [0, 0.1) is 0 Å². The molecule has 472 valence electrons. The largest absolute Gasteiger partial charge is 0.481 e. The van der Waals surface area contributed by atoms with Crippen LogP contribution in [-0.2, 0) is 38.4 Å². The molecule has 0 aliphatic heterocycles. The fourth-order valence-corrected chi connectivity index (χ4v) is 28.1. The Hall–Kier alpha value is -3.32. The Balaban J connectivity index is 6.79. The van der Waals surface area contributed by atoms with Gasteiger partial charge in [0.25, 0.3) is 0 Å². The lowest BCUT2D eigenvalue weighted by molar-refractivity contribution is -0.139. The van der Waals surface area contributed by atoms with E-state index in [4.69, 9.17) is 0 Å². The number of carboxylic acid groups (broad SMARTS) is 8. The molecular weight excluding hydrogens is 1130 g/mol. The average Bonchev–Trinajstić information content (AvgIpc) is 3.33. The van der Waals surface area contributed by atoms with E-state index in [1.165, 1.54) is 48.4 Å². The average molecular weight is 1240 g/mol. The molecule has 0 aliphatic rings. The first kappa shape index (κ1) is 77.7. The van der Waals surface area contributed by atoms with Gasteiger partial charge < -0.3 is 60.5 Å². The normalized spacial score (nSPS) is 12.7. The van der Waals surface area contributed by atoms with E-state index in [1.54, 1.807) is 0 Å². The van der Waals surface area contributed by atoms with Crippen LogP contribution >= 0.6 is 0 Å². The maximum atomic E-state index is 11.4. The first-order valence-corrected chi connectivity index (χ1v) is 46.8. The molecule has 0 fully saturated rings. The minimum absolute atomic E-state index is 0.0302. The molecular formula is C56H112N4O16Si5. The molecule has 0 heterocycles.